The Labute approximate surface area is 225 Å². The number of carbonyl (C=O) groups is 2. The Morgan fingerprint density at radius 1 is 1.14 bits per heavy atom. The van der Waals surface area contributed by atoms with Gasteiger partial charge in [0.2, 0.25) is 21.8 Å². The van der Waals surface area contributed by atoms with Crippen molar-refractivity contribution in [3.05, 3.63) is 58.6 Å². The summed E-state index contributed by atoms with van der Waals surface area (Å²) in [5.74, 6) is -0.0255. The van der Waals surface area contributed by atoms with Gasteiger partial charge in [-0.05, 0) is 61.6 Å². The van der Waals surface area contributed by atoms with E-state index in [-0.39, 0.29) is 18.5 Å². The number of nitrogens with one attached hydrogen (secondary N) is 1. The summed E-state index contributed by atoms with van der Waals surface area (Å²) in [4.78, 5) is 28.6. The van der Waals surface area contributed by atoms with Gasteiger partial charge in [0.25, 0.3) is 0 Å². The molecule has 0 unspecified atom stereocenters. The van der Waals surface area contributed by atoms with Crippen LogP contribution in [0.2, 0.25) is 5.02 Å². The molecule has 0 radical (unpaired) electrons. The third-order valence-corrected chi connectivity index (χ3v) is 8.32. The van der Waals surface area contributed by atoms with E-state index < -0.39 is 28.5 Å². The standard InChI is InChI=1S/C27H36ClN3O5S/c1-5-24(27(33)29-21-9-6-7-10-21)30(17-20-13-15-22(36-3)16-14-20)26(32)18-31(37(4,34)35)25-12-8-11-23(28)19(25)2/h8,11-16,21,24H,5-7,9-10,17-18H2,1-4H3,(H,29,33)/t24-/m0/s1. The van der Waals surface area contributed by atoms with Crippen LogP contribution in [-0.4, -0.2) is 57.1 Å². The van der Waals surface area contributed by atoms with Crippen molar-refractivity contribution in [1.29, 1.82) is 0 Å². The first-order valence-corrected chi connectivity index (χ1v) is 14.7. The summed E-state index contributed by atoms with van der Waals surface area (Å²) in [5.41, 5.74) is 1.68. The van der Waals surface area contributed by atoms with Gasteiger partial charge in [0.1, 0.15) is 18.3 Å². The van der Waals surface area contributed by atoms with Crippen LogP contribution >= 0.6 is 11.6 Å². The average Bonchev–Trinajstić information content (AvgIpc) is 3.37. The topological polar surface area (TPSA) is 96.0 Å². The zero-order valence-corrected chi connectivity index (χ0v) is 23.4. The summed E-state index contributed by atoms with van der Waals surface area (Å²) in [5, 5.41) is 3.50. The number of sulfonamides is 1. The van der Waals surface area contributed by atoms with Gasteiger partial charge < -0.3 is 15.0 Å². The molecule has 1 saturated carbocycles. The Balaban J connectivity index is 1.95. The van der Waals surface area contributed by atoms with E-state index in [9.17, 15) is 18.0 Å². The molecule has 1 aliphatic rings. The zero-order chi connectivity index (χ0) is 27.2. The van der Waals surface area contributed by atoms with Gasteiger partial charge in [-0.15, -0.1) is 0 Å². The van der Waals surface area contributed by atoms with E-state index in [1.54, 1.807) is 44.4 Å². The number of halogens is 1. The second-order valence-electron chi connectivity index (χ2n) is 9.44. The van der Waals surface area contributed by atoms with Gasteiger partial charge in [0.15, 0.2) is 0 Å². The van der Waals surface area contributed by atoms with Crippen molar-refractivity contribution in [2.75, 3.05) is 24.2 Å². The number of hydrogen-bond acceptors (Lipinski definition) is 5. The number of benzene rings is 2. The van der Waals surface area contributed by atoms with Crippen LogP contribution in [0.1, 0.15) is 50.2 Å². The molecule has 10 heteroatoms. The molecule has 2 aromatic carbocycles. The lowest BCUT2D eigenvalue weighted by atomic mass is 10.1. The summed E-state index contributed by atoms with van der Waals surface area (Å²) in [6, 6.07) is 11.5. The number of nitrogens with zero attached hydrogens (tertiary/aromatic N) is 2. The minimum Gasteiger partial charge on any atom is -0.497 e. The highest BCUT2D eigenvalue weighted by molar-refractivity contribution is 7.92. The van der Waals surface area contributed by atoms with E-state index >= 15 is 0 Å². The molecule has 0 bridgehead atoms. The molecule has 1 N–H and O–H groups in total. The van der Waals surface area contributed by atoms with E-state index in [2.05, 4.69) is 5.32 Å². The number of rotatable bonds is 11. The highest BCUT2D eigenvalue weighted by Crippen LogP contribution is 2.29. The van der Waals surface area contributed by atoms with Crippen molar-refractivity contribution in [2.45, 2.75) is 64.6 Å². The maximum atomic E-state index is 13.8. The molecule has 1 aliphatic carbocycles. The molecule has 2 amide bonds. The number of anilines is 1. The van der Waals surface area contributed by atoms with Crippen molar-refractivity contribution in [1.82, 2.24) is 10.2 Å². The highest BCUT2D eigenvalue weighted by atomic mass is 35.5. The van der Waals surface area contributed by atoms with Crippen LogP contribution in [0.4, 0.5) is 5.69 Å². The molecule has 3 rings (SSSR count). The molecular formula is C27H36ClN3O5S. The Hall–Kier alpha value is -2.78. The van der Waals surface area contributed by atoms with Gasteiger partial charge in [0.05, 0.1) is 19.1 Å². The molecule has 0 aromatic heterocycles. The molecule has 8 nitrogen and oxygen atoms in total. The van der Waals surface area contributed by atoms with Gasteiger partial charge in [-0.25, -0.2) is 8.42 Å². The molecule has 1 atom stereocenters. The third kappa shape index (κ3) is 7.38. The predicted octanol–water partition coefficient (Wildman–Crippen LogP) is 4.29. The summed E-state index contributed by atoms with van der Waals surface area (Å²) >= 11 is 6.25. The smallest absolute Gasteiger partial charge is 0.244 e. The van der Waals surface area contributed by atoms with E-state index in [0.29, 0.717) is 28.4 Å². The fourth-order valence-electron chi connectivity index (χ4n) is 4.68. The molecule has 0 aliphatic heterocycles. The van der Waals surface area contributed by atoms with Crippen LogP contribution in [0.5, 0.6) is 5.75 Å². The lowest BCUT2D eigenvalue weighted by molar-refractivity contribution is -0.140. The summed E-state index contributed by atoms with van der Waals surface area (Å²) in [7, 11) is -2.26. The minimum atomic E-state index is -3.83. The number of carbonyl (C=O) groups excluding carboxylic acids is 2. The molecular weight excluding hydrogens is 514 g/mol. The van der Waals surface area contributed by atoms with E-state index in [0.717, 1.165) is 41.8 Å². The van der Waals surface area contributed by atoms with Crippen LogP contribution in [0.15, 0.2) is 42.5 Å². The zero-order valence-electron chi connectivity index (χ0n) is 21.9. The van der Waals surface area contributed by atoms with Gasteiger partial charge in [0, 0.05) is 17.6 Å². The van der Waals surface area contributed by atoms with Crippen LogP contribution < -0.4 is 14.4 Å². The fraction of sp³-hybridized carbons (Fsp3) is 0.481. The SMILES string of the molecule is CC[C@@H](C(=O)NC1CCCC1)N(Cc1ccc(OC)cc1)C(=O)CN(c1cccc(Cl)c1C)S(C)(=O)=O. The Morgan fingerprint density at radius 3 is 2.35 bits per heavy atom. The largest absolute Gasteiger partial charge is 0.497 e. The number of amides is 2. The predicted molar refractivity (Wildman–Crippen MR) is 146 cm³/mol. The highest BCUT2D eigenvalue weighted by Gasteiger charge is 2.33. The first-order chi connectivity index (χ1) is 17.5. The lowest BCUT2D eigenvalue weighted by Gasteiger charge is -2.33. The second-order valence-corrected chi connectivity index (χ2v) is 11.8. The van der Waals surface area contributed by atoms with Crippen LogP contribution in [0.3, 0.4) is 0 Å². The Kier molecular flexibility index (Phi) is 9.84. The van der Waals surface area contributed by atoms with Crippen molar-refractivity contribution < 1.29 is 22.7 Å². The van der Waals surface area contributed by atoms with Crippen molar-refractivity contribution in [3.63, 3.8) is 0 Å². The quantitative estimate of drug-likeness (QED) is 0.451. The van der Waals surface area contributed by atoms with Gasteiger partial charge in [-0.3, -0.25) is 13.9 Å². The fourth-order valence-corrected chi connectivity index (χ4v) is 5.75. The van der Waals surface area contributed by atoms with Crippen LogP contribution in [0.25, 0.3) is 0 Å². The molecule has 0 spiro atoms. The molecule has 202 valence electrons. The van der Waals surface area contributed by atoms with Crippen molar-refractivity contribution >= 4 is 39.1 Å². The maximum absolute atomic E-state index is 13.8. The Morgan fingerprint density at radius 2 is 1.78 bits per heavy atom. The van der Waals surface area contributed by atoms with E-state index in [1.165, 1.54) is 4.90 Å². The summed E-state index contributed by atoms with van der Waals surface area (Å²) in [6.07, 6.45) is 5.42. The molecule has 0 heterocycles. The third-order valence-electron chi connectivity index (χ3n) is 6.79. The number of methoxy groups -OCH3 is 1. The van der Waals surface area contributed by atoms with E-state index in [4.69, 9.17) is 16.3 Å². The number of hydrogen-bond donors (Lipinski definition) is 1. The van der Waals surface area contributed by atoms with Crippen LogP contribution in [0, 0.1) is 6.92 Å². The first-order valence-electron chi connectivity index (χ1n) is 12.5. The normalized spacial score (nSPS) is 14.7. The lowest BCUT2D eigenvalue weighted by Crippen LogP contribution is -2.53. The van der Waals surface area contributed by atoms with Crippen LogP contribution in [-0.2, 0) is 26.2 Å². The summed E-state index contributed by atoms with van der Waals surface area (Å²) < 4.78 is 31.9. The Bertz CT molecular complexity index is 1200. The molecule has 1 fully saturated rings. The number of ether oxygens (including phenoxy) is 1. The molecule has 0 saturated heterocycles. The molecule has 37 heavy (non-hydrogen) atoms. The second kappa shape index (κ2) is 12.6. The van der Waals surface area contributed by atoms with Gasteiger partial charge in [-0.2, -0.15) is 0 Å². The van der Waals surface area contributed by atoms with Crippen molar-refractivity contribution in [3.8, 4) is 5.75 Å². The maximum Gasteiger partial charge on any atom is 0.244 e. The average molecular weight is 550 g/mol. The first kappa shape index (κ1) is 28.8. The van der Waals surface area contributed by atoms with Crippen molar-refractivity contribution in [2.24, 2.45) is 0 Å². The monoisotopic (exact) mass is 549 g/mol. The summed E-state index contributed by atoms with van der Waals surface area (Å²) in [6.45, 7) is 3.25. The van der Waals surface area contributed by atoms with E-state index in [1.807, 2.05) is 19.1 Å². The van der Waals surface area contributed by atoms with Gasteiger partial charge >= 0.3 is 0 Å². The minimum absolute atomic E-state index is 0.0983. The molecule has 2 aromatic rings. The van der Waals surface area contributed by atoms with Gasteiger partial charge in [-0.1, -0.05) is 49.6 Å².